The minimum atomic E-state index is -0.381. The van der Waals surface area contributed by atoms with Crippen LogP contribution in [0.2, 0.25) is 0 Å². The second kappa shape index (κ2) is 9.04. The molecule has 0 unspecified atom stereocenters. The predicted octanol–water partition coefficient (Wildman–Crippen LogP) is 2.98. The highest BCUT2D eigenvalue weighted by Crippen LogP contribution is 2.43. The summed E-state index contributed by atoms with van der Waals surface area (Å²) in [7, 11) is 0. The zero-order valence-corrected chi connectivity index (χ0v) is 15.4. The lowest BCUT2D eigenvalue weighted by molar-refractivity contribution is -0.176. The van der Waals surface area contributed by atoms with Crippen LogP contribution in [-0.4, -0.2) is 37.1 Å². The molecule has 3 atom stereocenters. The van der Waals surface area contributed by atoms with Crippen molar-refractivity contribution in [2.24, 2.45) is 23.7 Å². The van der Waals surface area contributed by atoms with E-state index in [2.05, 4.69) is 11.4 Å². The van der Waals surface area contributed by atoms with E-state index in [1.54, 1.807) is 0 Å². The molecule has 0 bridgehead atoms. The number of hydrogen-bond donors (Lipinski definition) is 2. The summed E-state index contributed by atoms with van der Waals surface area (Å²) in [5.74, 6) is 2.12. The van der Waals surface area contributed by atoms with Gasteiger partial charge in [0.05, 0.1) is 0 Å². The van der Waals surface area contributed by atoms with Crippen LogP contribution in [0, 0.1) is 23.7 Å². The number of aliphatic hydroxyl groups excluding tert-OH is 1. The van der Waals surface area contributed by atoms with Crippen LogP contribution in [0.5, 0.6) is 0 Å². The molecule has 0 aromatic heterocycles. The van der Waals surface area contributed by atoms with Crippen molar-refractivity contribution in [1.29, 1.82) is 0 Å². The van der Waals surface area contributed by atoms with Gasteiger partial charge in [-0.25, -0.2) is 0 Å². The molecule has 1 amide bonds. The molecule has 5 nitrogen and oxygen atoms in total. The van der Waals surface area contributed by atoms with Gasteiger partial charge in [0.15, 0.2) is 5.76 Å². The molecule has 25 heavy (non-hydrogen) atoms. The maximum atomic E-state index is 12.6. The largest absolute Gasteiger partial charge is 0.459 e. The zero-order valence-electron chi connectivity index (χ0n) is 15.4. The maximum Gasteiger partial charge on any atom is 0.286 e. The summed E-state index contributed by atoms with van der Waals surface area (Å²) in [6.45, 7) is 3.46. The lowest BCUT2D eigenvalue weighted by atomic mass is 9.76. The van der Waals surface area contributed by atoms with Crippen LogP contribution in [0.1, 0.15) is 58.3 Å². The number of aliphatic hydroxyl groups is 1. The summed E-state index contributed by atoms with van der Waals surface area (Å²) in [5, 5.41) is 12.3. The van der Waals surface area contributed by atoms with E-state index in [1.807, 2.05) is 6.92 Å². The molecule has 0 aromatic carbocycles. The smallest absolute Gasteiger partial charge is 0.286 e. The highest BCUT2D eigenvalue weighted by Gasteiger charge is 2.41. The van der Waals surface area contributed by atoms with Crippen LogP contribution < -0.4 is 5.32 Å². The third-order valence-electron chi connectivity index (χ3n) is 5.87. The first-order chi connectivity index (χ1) is 12.2. The number of carbonyl (C=O) groups is 1. The Morgan fingerprint density at radius 3 is 2.72 bits per heavy atom. The Kier molecular flexibility index (Phi) is 6.77. The second-order valence-electron chi connectivity index (χ2n) is 7.78. The van der Waals surface area contributed by atoms with Gasteiger partial charge in [-0.1, -0.05) is 12.8 Å². The SMILES string of the molecule is CCO[C@H]1OC(C(=O)NCC2CC2)=C[C@@H](C2CCCC2)[C@@H]1CCCO. The highest BCUT2D eigenvalue weighted by molar-refractivity contribution is 5.91. The summed E-state index contributed by atoms with van der Waals surface area (Å²) >= 11 is 0. The van der Waals surface area contributed by atoms with E-state index < -0.39 is 0 Å². The molecule has 2 aliphatic carbocycles. The molecule has 1 aliphatic heterocycles. The lowest BCUT2D eigenvalue weighted by Gasteiger charge is -2.39. The average molecular weight is 351 g/mol. The molecule has 0 saturated heterocycles. The molecule has 3 aliphatic rings. The summed E-state index contributed by atoms with van der Waals surface area (Å²) in [4.78, 5) is 12.6. The van der Waals surface area contributed by atoms with E-state index >= 15 is 0 Å². The van der Waals surface area contributed by atoms with E-state index in [9.17, 15) is 9.90 Å². The summed E-state index contributed by atoms with van der Waals surface area (Å²) in [6, 6.07) is 0. The quantitative estimate of drug-likeness (QED) is 0.670. The van der Waals surface area contributed by atoms with Gasteiger partial charge in [-0.2, -0.15) is 0 Å². The van der Waals surface area contributed by atoms with Crippen molar-refractivity contribution in [3.8, 4) is 0 Å². The van der Waals surface area contributed by atoms with Gasteiger partial charge in [0.2, 0.25) is 6.29 Å². The van der Waals surface area contributed by atoms with Crippen LogP contribution in [0.25, 0.3) is 0 Å². The zero-order chi connectivity index (χ0) is 17.6. The molecule has 2 N–H and O–H groups in total. The van der Waals surface area contributed by atoms with Crippen molar-refractivity contribution in [1.82, 2.24) is 5.32 Å². The average Bonchev–Trinajstić information content (AvgIpc) is 3.29. The molecule has 2 fully saturated rings. The molecule has 5 heteroatoms. The van der Waals surface area contributed by atoms with Gasteiger partial charge in [-0.3, -0.25) is 4.79 Å². The fourth-order valence-electron chi connectivity index (χ4n) is 4.31. The number of hydrogen-bond acceptors (Lipinski definition) is 4. The Labute approximate surface area is 151 Å². The van der Waals surface area contributed by atoms with E-state index in [-0.39, 0.29) is 24.7 Å². The molecule has 0 radical (unpaired) electrons. The fraction of sp³-hybridized carbons (Fsp3) is 0.850. The second-order valence-corrected chi connectivity index (χ2v) is 7.78. The maximum absolute atomic E-state index is 12.6. The molecule has 1 heterocycles. The molecule has 2 saturated carbocycles. The number of nitrogens with one attached hydrogen (secondary N) is 1. The number of rotatable bonds is 9. The van der Waals surface area contributed by atoms with Crippen LogP contribution in [-0.2, 0) is 14.3 Å². The molecular formula is C20H33NO4. The first-order valence-electron chi connectivity index (χ1n) is 10.1. The topological polar surface area (TPSA) is 67.8 Å². The third kappa shape index (κ3) is 4.98. The Hall–Kier alpha value is -1.07. The van der Waals surface area contributed by atoms with Crippen LogP contribution in [0.4, 0.5) is 0 Å². The van der Waals surface area contributed by atoms with Crippen molar-refractivity contribution in [3.63, 3.8) is 0 Å². The van der Waals surface area contributed by atoms with E-state index in [0.29, 0.717) is 30.1 Å². The highest BCUT2D eigenvalue weighted by atomic mass is 16.7. The van der Waals surface area contributed by atoms with Gasteiger partial charge in [-0.05, 0) is 69.3 Å². The van der Waals surface area contributed by atoms with Crippen molar-refractivity contribution in [2.75, 3.05) is 19.8 Å². The summed E-state index contributed by atoms with van der Waals surface area (Å²) in [6.07, 6.45) is 10.7. The Balaban J connectivity index is 1.75. The summed E-state index contributed by atoms with van der Waals surface area (Å²) in [5.41, 5.74) is 0. The fourth-order valence-corrected chi connectivity index (χ4v) is 4.31. The third-order valence-corrected chi connectivity index (χ3v) is 5.87. The van der Waals surface area contributed by atoms with E-state index in [4.69, 9.17) is 9.47 Å². The van der Waals surface area contributed by atoms with Crippen LogP contribution >= 0.6 is 0 Å². The van der Waals surface area contributed by atoms with Gasteiger partial charge < -0.3 is 19.9 Å². The monoisotopic (exact) mass is 351 g/mol. The van der Waals surface area contributed by atoms with Gasteiger partial charge >= 0.3 is 0 Å². The van der Waals surface area contributed by atoms with Gasteiger partial charge in [0.25, 0.3) is 5.91 Å². The van der Waals surface area contributed by atoms with Crippen molar-refractivity contribution < 1.29 is 19.4 Å². The van der Waals surface area contributed by atoms with Crippen molar-refractivity contribution in [2.45, 2.75) is 64.6 Å². The van der Waals surface area contributed by atoms with E-state index in [0.717, 1.165) is 19.4 Å². The predicted molar refractivity (Wildman–Crippen MR) is 95.6 cm³/mol. The molecular weight excluding hydrogens is 318 g/mol. The molecule has 0 aromatic rings. The first kappa shape index (κ1) is 18.7. The molecule has 0 spiro atoms. The van der Waals surface area contributed by atoms with Gasteiger partial charge in [0.1, 0.15) is 0 Å². The Morgan fingerprint density at radius 1 is 1.32 bits per heavy atom. The normalized spacial score (nSPS) is 30.0. The standard InChI is InChI=1S/C20H33NO4/c1-2-24-20-16(8-5-11-22)17(15-6-3-4-7-15)12-18(25-20)19(23)21-13-14-9-10-14/h12,14-17,20,22H,2-11,13H2,1H3,(H,21,23)/t16-,17-,20-/m0/s1. The van der Waals surface area contributed by atoms with Gasteiger partial charge in [0, 0.05) is 25.7 Å². The summed E-state index contributed by atoms with van der Waals surface area (Å²) < 4.78 is 11.9. The number of ether oxygens (including phenoxy) is 2. The van der Waals surface area contributed by atoms with Crippen LogP contribution in [0.15, 0.2) is 11.8 Å². The van der Waals surface area contributed by atoms with E-state index in [1.165, 1.54) is 38.5 Å². The Bertz CT molecular complexity index is 468. The molecule has 3 rings (SSSR count). The number of amides is 1. The minimum Gasteiger partial charge on any atom is -0.459 e. The minimum absolute atomic E-state index is 0.0970. The number of allylic oxidation sites excluding steroid dienone is 1. The van der Waals surface area contributed by atoms with Gasteiger partial charge in [-0.15, -0.1) is 0 Å². The number of carbonyl (C=O) groups excluding carboxylic acids is 1. The first-order valence-corrected chi connectivity index (χ1v) is 10.1. The van der Waals surface area contributed by atoms with Crippen LogP contribution in [0.3, 0.4) is 0 Å². The molecule has 142 valence electrons. The Morgan fingerprint density at radius 2 is 2.08 bits per heavy atom. The lowest BCUT2D eigenvalue weighted by Crippen LogP contribution is -2.41. The van der Waals surface area contributed by atoms with Crippen molar-refractivity contribution in [3.05, 3.63) is 11.8 Å². The van der Waals surface area contributed by atoms with Crippen molar-refractivity contribution >= 4 is 5.91 Å².